The summed E-state index contributed by atoms with van der Waals surface area (Å²) in [5.41, 5.74) is 1.24. The van der Waals surface area contributed by atoms with Gasteiger partial charge < -0.3 is 15.2 Å². The molecule has 3 aromatic rings. The third kappa shape index (κ3) is 4.99. The number of rotatable bonds is 4. The molecule has 1 heterocycles. The molecule has 0 atom stereocenters. The average Bonchev–Trinajstić information content (AvgIpc) is 3.16. The van der Waals surface area contributed by atoms with Crippen LogP contribution in [0.1, 0.15) is 11.1 Å². The van der Waals surface area contributed by atoms with E-state index in [1.807, 2.05) is 35.0 Å². The second-order valence-electron chi connectivity index (χ2n) is 5.64. The van der Waals surface area contributed by atoms with Crippen LogP contribution in [0.25, 0.3) is 5.69 Å². The fourth-order valence-electron chi connectivity index (χ4n) is 2.38. The largest absolute Gasteiger partial charge is 0.417 e. The van der Waals surface area contributed by atoms with Crippen molar-refractivity contribution in [2.75, 3.05) is 5.32 Å². The Labute approximate surface area is 164 Å². The minimum Gasteiger partial charge on any atom is -0.358 e. The van der Waals surface area contributed by atoms with Crippen LogP contribution in [0.15, 0.2) is 61.2 Å². The Morgan fingerprint density at radius 1 is 1.15 bits per heavy atom. The third-order valence-corrected chi connectivity index (χ3v) is 4.30. The normalized spacial score (nSPS) is 11.3. The molecule has 0 spiro atoms. The highest BCUT2D eigenvalue weighted by molar-refractivity contribution is 7.80. The van der Waals surface area contributed by atoms with Crippen molar-refractivity contribution in [1.82, 2.24) is 14.9 Å². The van der Waals surface area contributed by atoms with Gasteiger partial charge in [-0.2, -0.15) is 13.2 Å². The molecule has 0 aliphatic rings. The lowest BCUT2D eigenvalue weighted by atomic mass is 10.2. The Kier molecular flexibility index (Phi) is 5.67. The van der Waals surface area contributed by atoms with Crippen molar-refractivity contribution in [3.63, 3.8) is 0 Å². The molecule has 0 aliphatic heterocycles. The van der Waals surface area contributed by atoms with Gasteiger partial charge >= 0.3 is 6.18 Å². The third-order valence-electron chi connectivity index (χ3n) is 3.72. The lowest BCUT2D eigenvalue weighted by molar-refractivity contribution is -0.137. The summed E-state index contributed by atoms with van der Waals surface area (Å²) in [5.74, 6) is 0. The topological polar surface area (TPSA) is 41.9 Å². The van der Waals surface area contributed by atoms with Crippen LogP contribution in [-0.4, -0.2) is 14.7 Å². The standard InChI is InChI=1S/C18H14ClF3N4S/c19-16-6-3-13(9-15(16)18(20,21)22)25-17(27)24-10-12-1-4-14(5-2-12)26-8-7-23-11-26/h1-9,11H,10H2,(H2,24,25,27). The van der Waals surface area contributed by atoms with E-state index in [1.54, 1.807) is 12.5 Å². The van der Waals surface area contributed by atoms with Crippen LogP contribution < -0.4 is 10.6 Å². The Balaban J connectivity index is 1.58. The van der Waals surface area contributed by atoms with Gasteiger partial charge in [-0.05, 0) is 48.1 Å². The quantitative estimate of drug-likeness (QED) is 0.592. The van der Waals surface area contributed by atoms with Crippen molar-refractivity contribution in [1.29, 1.82) is 0 Å². The number of nitrogens with one attached hydrogen (secondary N) is 2. The molecule has 9 heteroatoms. The molecule has 0 bridgehead atoms. The van der Waals surface area contributed by atoms with E-state index in [9.17, 15) is 13.2 Å². The van der Waals surface area contributed by atoms with Crippen LogP contribution in [0.4, 0.5) is 18.9 Å². The Morgan fingerprint density at radius 2 is 1.89 bits per heavy atom. The predicted molar refractivity (Wildman–Crippen MR) is 103 cm³/mol. The van der Waals surface area contributed by atoms with Crippen molar-refractivity contribution in [2.24, 2.45) is 0 Å². The number of aromatic nitrogens is 2. The molecule has 0 radical (unpaired) electrons. The molecule has 2 N–H and O–H groups in total. The van der Waals surface area contributed by atoms with Gasteiger partial charge in [-0.1, -0.05) is 23.7 Å². The van der Waals surface area contributed by atoms with Gasteiger partial charge in [-0.3, -0.25) is 0 Å². The number of nitrogens with zero attached hydrogens (tertiary/aromatic N) is 2. The first kappa shape index (κ1) is 19.2. The molecule has 0 fully saturated rings. The molecular formula is C18H14ClF3N4S. The first-order valence-corrected chi connectivity index (χ1v) is 8.60. The van der Waals surface area contributed by atoms with Crippen LogP contribution in [0.3, 0.4) is 0 Å². The van der Waals surface area contributed by atoms with Crippen LogP contribution in [0, 0.1) is 0 Å². The number of imidazole rings is 1. The van der Waals surface area contributed by atoms with Gasteiger partial charge in [0.15, 0.2) is 5.11 Å². The van der Waals surface area contributed by atoms with E-state index in [1.165, 1.54) is 12.1 Å². The summed E-state index contributed by atoms with van der Waals surface area (Å²) in [6, 6.07) is 11.3. The number of hydrogen-bond donors (Lipinski definition) is 2. The van der Waals surface area contributed by atoms with E-state index < -0.39 is 11.7 Å². The second kappa shape index (κ2) is 7.98. The molecule has 0 aliphatic carbocycles. The highest BCUT2D eigenvalue weighted by Crippen LogP contribution is 2.36. The maximum Gasteiger partial charge on any atom is 0.417 e. The average molecular weight is 411 g/mol. The van der Waals surface area contributed by atoms with Crippen LogP contribution in [-0.2, 0) is 12.7 Å². The predicted octanol–water partition coefficient (Wildman–Crippen LogP) is 5.03. The van der Waals surface area contributed by atoms with Gasteiger partial charge in [0.1, 0.15) is 0 Å². The van der Waals surface area contributed by atoms with Crippen molar-refractivity contribution < 1.29 is 13.2 Å². The lowest BCUT2D eigenvalue weighted by Crippen LogP contribution is -2.28. The SMILES string of the molecule is FC(F)(F)c1cc(NC(=S)NCc2ccc(-n3ccnc3)cc2)ccc1Cl. The number of alkyl halides is 3. The van der Waals surface area contributed by atoms with E-state index in [4.69, 9.17) is 23.8 Å². The Bertz CT molecular complexity index is 925. The molecule has 3 rings (SSSR count). The fourth-order valence-corrected chi connectivity index (χ4v) is 2.79. The summed E-state index contributed by atoms with van der Waals surface area (Å²) in [5, 5.41) is 5.55. The highest BCUT2D eigenvalue weighted by Gasteiger charge is 2.33. The van der Waals surface area contributed by atoms with Gasteiger partial charge in [-0.15, -0.1) is 0 Å². The zero-order chi connectivity index (χ0) is 19.4. The van der Waals surface area contributed by atoms with E-state index in [0.29, 0.717) is 6.54 Å². The first-order valence-electron chi connectivity index (χ1n) is 7.82. The van der Waals surface area contributed by atoms with Gasteiger partial charge in [0.05, 0.1) is 16.9 Å². The zero-order valence-electron chi connectivity index (χ0n) is 13.8. The molecule has 1 aromatic heterocycles. The number of anilines is 1. The molecule has 140 valence electrons. The summed E-state index contributed by atoms with van der Waals surface area (Å²) in [6.45, 7) is 0.426. The summed E-state index contributed by atoms with van der Waals surface area (Å²) < 4.78 is 40.6. The molecular weight excluding hydrogens is 397 g/mol. The van der Waals surface area contributed by atoms with Crippen LogP contribution in [0.5, 0.6) is 0 Å². The van der Waals surface area contributed by atoms with Crippen LogP contribution in [0.2, 0.25) is 5.02 Å². The molecule has 4 nitrogen and oxygen atoms in total. The minimum absolute atomic E-state index is 0.208. The zero-order valence-corrected chi connectivity index (χ0v) is 15.4. The molecule has 27 heavy (non-hydrogen) atoms. The number of hydrogen-bond acceptors (Lipinski definition) is 2. The van der Waals surface area contributed by atoms with Gasteiger partial charge in [-0.25, -0.2) is 4.98 Å². The summed E-state index contributed by atoms with van der Waals surface area (Å²) in [7, 11) is 0. The van der Waals surface area contributed by atoms with Crippen molar-refractivity contribution in [2.45, 2.75) is 12.7 Å². The van der Waals surface area contributed by atoms with Crippen molar-refractivity contribution >= 4 is 34.6 Å². The molecule has 2 aromatic carbocycles. The molecule has 0 saturated heterocycles. The van der Waals surface area contributed by atoms with E-state index in [-0.39, 0.29) is 15.8 Å². The van der Waals surface area contributed by atoms with E-state index in [0.717, 1.165) is 17.3 Å². The molecule has 0 saturated carbocycles. The van der Waals surface area contributed by atoms with E-state index in [2.05, 4.69) is 15.6 Å². The van der Waals surface area contributed by atoms with Crippen molar-refractivity contribution in [3.05, 3.63) is 77.3 Å². The first-order chi connectivity index (χ1) is 12.8. The summed E-state index contributed by atoms with van der Waals surface area (Å²) >= 11 is 10.8. The molecule has 0 unspecified atom stereocenters. The number of halogens is 4. The monoisotopic (exact) mass is 410 g/mol. The lowest BCUT2D eigenvalue weighted by Gasteiger charge is -2.14. The number of thiocarbonyl (C=S) groups is 1. The van der Waals surface area contributed by atoms with Gasteiger partial charge in [0.2, 0.25) is 0 Å². The Hall–Kier alpha value is -2.58. The number of benzene rings is 2. The van der Waals surface area contributed by atoms with Crippen LogP contribution >= 0.6 is 23.8 Å². The second-order valence-corrected chi connectivity index (χ2v) is 6.45. The molecule has 0 amide bonds. The maximum atomic E-state index is 12.9. The summed E-state index contributed by atoms with van der Waals surface area (Å²) in [6.07, 6.45) is 0.711. The van der Waals surface area contributed by atoms with Crippen molar-refractivity contribution in [3.8, 4) is 5.69 Å². The Morgan fingerprint density at radius 3 is 2.52 bits per heavy atom. The van der Waals surface area contributed by atoms with E-state index >= 15 is 0 Å². The maximum absolute atomic E-state index is 12.9. The van der Waals surface area contributed by atoms with Gasteiger partial charge in [0, 0.05) is 30.3 Å². The smallest absolute Gasteiger partial charge is 0.358 e. The minimum atomic E-state index is -4.53. The van der Waals surface area contributed by atoms with Gasteiger partial charge in [0.25, 0.3) is 0 Å². The summed E-state index contributed by atoms with van der Waals surface area (Å²) in [4.78, 5) is 3.99. The highest BCUT2D eigenvalue weighted by atomic mass is 35.5. The fraction of sp³-hybridized carbons (Fsp3) is 0.111.